The first-order chi connectivity index (χ1) is 8.86. The van der Waals surface area contributed by atoms with Crippen LogP contribution in [0.1, 0.15) is 5.56 Å². The van der Waals surface area contributed by atoms with Crippen molar-refractivity contribution in [2.75, 3.05) is 5.73 Å². The number of hydrogen-bond donors (Lipinski definition) is 1. The summed E-state index contributed by atoms with van der Waals surface area (Å²) in [5.74, 6) is -10.4. The normalized spacial score (nSPS) is 10.8. The monoisotopic (exact) mass is 274 g/mol. The molecule has 1 heterocycles. The minimum absolute atomic E-state index is 0.246. The van der Waals surface area contributed by atoms with Crippen molar-refractivity contribution in [2.24, 2.45) is 0 Å². The van der Waals surface area contributed by atoms with Crippen molar-refractivity contribution in [2.45, 2.75) is 6.92 Å². The SMILES string of the molecule is Cc1ccnc(N)c1-c1c(F)c(F)c(F)c(F)c1F. The maximum atomic E-state index is 13.6. The van der Waals surface area contributed by atoms with E-state index in [2.05, 4.69) is 4.98 Å². The lowest BCUT2D eigenvalue weighted by molar-refractivity contribution is 0.381. The minimum atomic E-state index is -2.21. The molecule has 1 aromatic heterocycles. The van der Waals surface area contributed by atoms with Crippen LogP contribution in [0.2, 0.25) is 0 Å². The van der Waals surface area contributed by atoms with Crippen LogP contribution in [0.25, 0.3) is 11.1 Å². The molecule has 0 saturated carbocycles. The van der Waals surface area contributed by atoms with Gasteiger partial charge in [-0.15, -0.1) is 0 Å². The van der Waals surface area contributed by atoms with Crippen LogP contribution in [0, 0.1) is 36.0 Å². The Morgan fingerprint density at radius 2 is 1.32 bits per heavy atom. The number of halogens is 5. The van der Waals surface area contributed by atoms with E-state index >= 15 is 0 Å². The van der Waals surface area contributed by atoms with Crippen molar-refractivity contribution in [3.05, 3.63) is 46.9 Å². The molecule has 0 atom stereocenters. The zero-order valence-corrected chi connectivity index (χ0v) is 9.57. The van der Waals surface area contributed by atoms with Gasteiger partial charge in [-0.25, -0.2) is 26.9 Å². The fourth-order valence-electron chi connectivity index (χ4n) is 1.73. The standard InChI is InChI=1S/C12H7F5N2/c1-4-2-3-19-12(18)5(4)6-7(13)9(15)11(17)10(16)8(6)14/h2-3H,1H3,(H2,18,19). The third-order valence-corrected chi connectivity index (χ3v) is 2.65. The maximum absolute atomic E-state index is 13.6. The summed E-state index contributed by atoms with van der Waals surface area (Å²) >= 11 is 0. The summed E-state index contributed by atoms with van der Waals surface area (Å²) in [6.45, 7) is 1.42. The number of aromatic nitrogens is 1. The molecule has 2 N–H and O–H groups in total. The minimum Gasteiger partial charge on any atom is -0.383 e. The molecule has 0 aliphatic heterocycles. The number of anilines is 1. The van der Waals surface area contributed by atoms with Gasteiger partial charge in [0.15, 0.2) is 23.3 Å². The topological polar surface area (TPSA) is 38.9 Å². The zero-order valence-electron chi connectivity index (χ0n) is 9.57. The first kappa shape index (κ1) is 13.3. The highest BCUT2D eigenvalue weighted by molar-refractivity contribution is 5.77. The third kappa shape index (κ3) is 1.91. The molecule has 2 nitrogen and oxygen atoms in total. The van der Waals surface area contributed by atoms with E-state index in [1.807, 2.05) is 0 Å². The maximum Gasteiger partial charge on any atom is 0.200 e. The smallest absolute Gasteiger partial charge is 0.200 e. The molecule has 2 aromatic rings. The number of nitrogens with zero attached hydrogens (tertiary/aromatic N) is 1. The first-order valence-corrected chi connectivity index (χ1v) is 5.09. The van der Waals surface area contributed by atoms with E-state index in [-0.39, 0.29) is 16.9 Å². The molecule has 7 heteroatoms. The van der Waals surface area contributed by atoms with Gasteiger partial charge in [0.1, 0.15) is 5.82 Å². The molecule has 19 heavy (non-hydrogen) atoms. The summed E-state index contributed by atoms with van der Waals surface area (Å²) in [6.07, 6.45) is 1.26. The van der Waals surface area contributed by atoms with Gasteiger partial charge >= 0.3 is 0 Å². The molecule has 100 valence electrons. The molecule has 0 saturated heterocycles. The van der Waals surface area contributed by atoms with Crippen molar-refractivity contribution in [1.29, 1.82) is 0 Å². The second kappa shape index (κ2) is 4.49. The van der Waals surface area contributed by atoms with Gasteiger partial charge in [0.2, 0.25) is 5.82 Å². The van der Waals surface area contributed by atoms with Crippen molar-refractivity contribution >= 4 is 5.82 Å². The Kier molecular flexibility index (Phi) is 3.13. The van der Waals surface area contributed by atoms with Crippen LogP contribution in [-0.2, 0) is 0 Å². The van der Waals surface area contributed by atoms with Gasteiger partial charge in [0.05, 0.1) is 5.56 Å². The quantitative estimate of drug-likeness (QED) is 0.492. The van der Waals surface area contributed by atoms with E-state index in [4.69, 9.17) is 5.73 Å². The number of pyridine rings is 1. The Bertz CT molecular complexity index is 620. The molecule has 0 unspecified atom stereocenters. The Morgan fingerprint density at radius 3 is 1.79 bits per heavy atom. The second-order valence-electron chi connectivity index (χ2n) is 3.83. The van der Waals surface area contributed by atoms with Gasteiger partial charge in [-0.1, -0.05) is 0 Å². The molecule has 0 amide bonds. The van der Waals surface area contributed by atoms with E-state index in [9.17, 15) is 22.0 Å². The van der Waals surface area contributed by atoms with Gasteiger partial charge in [0, 0.05) is 11.8 Å². The highest BCUT2D eigenvalue weighted by atomic mass is 19.2. The summed E-state index contributed by atoms with van der Waals surface area (Å²) in [5.41, 5.74) is 4.31. The van der Waals surface area contributed by atoms with Gasteiger partial charge in [-0.05, 0) is 18.6 Å². The fourth-order valence-corrected chi connectivity index (χ4v) is 1.73. The predicted molar refractivity (Wildman–Crippen MR) is 58.6 cm³/mol. The molecule has 0 aliphatic rings. The molecule has 0 bridgehead atoms. The molecule has 0 radical (unpaired) electrons. The summed E-state index contributed by atoms with van der Waals surface area (Å²) in [6, 6.07) is 1.35. The van der Waals surface area contributed by atoms with Crippen LogP contribution in [-0.4, -0.2) is 4.98 Å². The highest BCUT2D eigenvalue weighted by Gasteiger charge is 2.28. The van der Waals surface area contributed by atoms with E-state index in [0.29, 0.717) is 0 Å². The molecule has 1 aromatic carbocycles. The number of rotatable bonds is 1. The van der Waals surface area contributed by atoms with E-state index < -0.39 is 34.6 Å². The van der Waals surface area contributed by atoms with E-state index in [0.717, 1.165) is 0 Å². The van der Waals surface area contributed by atoms with E-state index in [1.165, 1.54) is 19.2 Å². The summed E-state index contributed by atoms with van der Waals surface area (Å²) in [7, 11) is 0. The molecular weight excluding hydrogens is 267 g/mol. The number of benzene rings is 1. The summed E-state index contributed by atoms with van der Waals surface area (Å²) in [4.78, 5) is 3.59. The van der Waals surface area contributed by atoms with Crippen LogP contribution < -0.4 is 5.73 Å². The van der Waals surface area contributed by atoms with Crippen LogP contribution in [0.5, 0.6) is 0 Å². The van der Waals surface area contributed by atoms with Crippen molar-refractivity contribution < 1.29 is 22.0 Å². The van der Waals surface area contributed by atoms with Crippen LogP contribution in [0.4, 0.5) is 27.8 Å². The van der Waals surface area contributed by atoms with Crippen molar-refractivity contribution in [3.63, 3.8) is 0 Å². The molecule has 0 aliphatic carbocycles. The zero-order chi connectivity index (χ0) is 14.3. The van der Waals surface area contributed by atoms with Crippen LogP contribution in [0.15, 0.2) is 12.3 Å². The summed E-state index contributed by atoms with van der Waals surface area (Å²) in [5, 5.41) is 0. The molecule has 0 spiro atoms. The molecule has 0 fully saturated rings. The highest BCUT2D eigenvalue weighted by Crippen LogP contribution is 2.35. The average Bonchev–Trinajstić information content (AvgIpc) is 2.37. The number of nitrogens with two attached hydrogens (primary N) is 1. The van der Waals surface area contributed by atoms with Crippen molar-refractivity contribution in [1.82, 2.24) is 4.98 Å². The lowest BCUT2D eigenvalue weighted by atomic mass is 10.00. The lowest BCUT2D eigenvalue weighted by Crippen LogP contribution is -2.07. The predicted octanol–water partition coefficient (Wildman–Crippen LogP) is 3.33. The second-order valence-corrected chi connectivity index (χ2v) is 3.83. The summed E-state index contributed by atoms with van der Waals surface area (Å²) < 4.78 is 66.5. The number of hydrogen-bond acceptors (Lipinski definition) is 2. The van der Waals surface area contributed by atoms with Gasteiger partial charge < -0.3 is 5.73 Å². The lowest BCUT2D eigenvalue weighted by Gasteiger charge is -2.12. The van der Waals surface area contributed by atoms with Gasteiger partial charge in [-0.2, -0.15) is 0 Å². The Hall–Kier alpha value is -2.18. The van der Waals surface area contributed by atoms with Gasteiger partial charge in [0.25, 0.3) is 0 Å². The molecular formula is C12H7F5N2. The van der Waals surface area contributed by atoms with E-state index in [1.54, 1.807) is 0 Å². The number of nitrogen functional groups attached to an aromatic ring is 1. The van der Waals surface area contributed by atoms with Crippen molar-refractivity contribution in [3.8, 4) is 11.1 Å². The van der Waals surface area contributed by atoms with Crippen LogP contribution >= 0.6 is 0 Å². The Labute approximate surface area is 104 Å². The largest absolute Gasteiger partial charge is 0.383 e. The average molecular weight is 274 g/mol. The first-order valence-electron chi connectivity index (χ1n) is 5.09. The Morgan fingerprint density at radius 1 is 0.842 bits per heavy atom. The van der Waals surface area contributed by atoms with Crippen LogP contribution in [0.3, 0.4) is 0 Å². The number of aryl methyl sites for hydroxylation is 1. The third-order valence-electron chi connectivity index (χ3n) is 2.65. The molecule has 2 rings (SSSR count). The fraction of sp³-hybridized carbons (Fsp3) is 0.0833. The Balaban J connectivity index is 2.92. The van der Waals surface area contributed by atoms with Gasteiger partial charge in [-0.3, -0.25) is 0 Å².